The molecule has 0 fully saturated rings. The van der Waals surface area contributed by atoms with Crippen molar-refractivity contribution < 1.29 is 13.2 Å². The molecule has 1 N–H and O–H groups in total. The molecular weight excluding hydrogens is 337 g/mol. The van der Waals surface area contributed by atoms with E-state index in [1.54, 1.807) is 6.26 Å². The maximum atomic E-state index is 12.2. The largest absolute Gasteiger partial charge is 0.408 e. The molecule has 116 valence electrons. The lowest BCUT2D eigenvalue weighted by Crippen LogP contribution is -2.18. The van der Waals surface area contributed by atoms with Crippen molar-refractivity contribution >= 4 is 34.5 Å². The average Bonchev–Trinajstić information content (AvgIpc) is 3.03. The third kappa shape index (κ3) is 4.22. The molecule has 2 heterocycles. The summed E-state index contributed by atoms with van der Waals surface area (Å²) < 4.78 is 41.4. The third-order valence-corrected chi connectivity index (χ3v) is 3.88. The fourth-order valence-corrected chi connectivity index (χ4v) is 2.88. The number of anilines is 1. The van der Waals surface area contributed by atoms with Crippen LogP contribution in [0.15, 0.2) is 22.4 Å². The van der Waals surface area contributed by atoms with Crippen LogP contribution in [0.3, 0.4) is 0 Å². The van der Waals surface area contributed by atoms with Gasteiger partial charge in [0.2, 0.25) is 0 Å². The van der Waals surface area contributed by atoms with Gasteiger partial charge in [0.05, 0.1) is 6.21 Å². The van der Waals surface area contributed by atoms with Crippen molar-refractivity contribution in [2.24, 2.45) is 5.10 Å². The van der Waals surface area contributed by atoms with Crippen molar-refractivity contribution in [2.75, 3.05) is 11.7 Å². The second kappa shape index (κ2) is 6.80. The van der Waals surface area contributed by atoms with Crippen molar-refractivity contribution in [1.82, 2.24) is 14.2 Å². The smallest absolute Gasteiger partial charge is 0.266 e. The van der Waals surface area contributed by atoms with Crippen molar-refractivity contribution in [2.45, 2.75) is 17.7 Å². The predicted octanol–water partition coefficient (Wildman–Crippen LogP) is 2.94. The van der Waals surface area contributed by atoms with E-state index in [9.17, 15) is 13.2 Å². The predicted molar refractivity (Wildman–Crippen MR) is 78.1 cm³/mol. The lowest BCUT2D eigenvalue weighted by atomic mass is 10.4. The number of hydrazone groups is 1. The molecule has 0 radical (unpaired) electrons. The van der Waals surface area contributed by atoms with E-state index in [0.717, 1.165) is 16.2 Å². The van der Waals surface area contributed by atoms with Crippen molar-refractivity contribution in [3.63, 3.8) is 0 Å². The van der Waals surface area contributed by atoms with E-state index in [2.05, 4.69) is 20.0 Å². The van der Waals surface area contributed by atoms with Crippen LogP contribution in [0.2, 0.25) is 0 Å². The van der Waals surface area contributed by atoms with Gasteiger partial charge >= 0.3 is 6.18 Å². The fourth-order valence-electron chi connectivity index (χ4n) is 1.46. The topological polar surface area (TPSA) is 78.9 Å². The van der Waals surface area contributed by atoms with Crippen LogP contribution in [-0.2, 0) is 6.54 Å². The normalized spacial score (nSPS) is 11.8. The number of rotatable bonds is 5. The lowest BCUT2D eigenvalue weighted by molar-refractivity contribution is -0.142. The molecule has 0 aromatic carbocycles. The highest BCUT2D eigenvalue weighted by atomic mass is 32.2. The quantitative estimate of drug-likeness (QED) is 0.512. The molecule has 0 saturated carbocycles. The number of nitrogens with zero attached hydrogens (tertiary/aromatic N) is 5. The van der Waals surface area contributed by atoms with Gasteiger partial charge in [-0.3, -0.25) is 10.1 Å². The van der Waals surface area contributed by atoms with Gasteiger partial charge in [-0.1, -0.05) is 0 Å². The van der Waals surface area contributed by atoms with Gasteiger partial charge in [-0.05, 0) is 23.9 Å². The van der Waals surface area contributed by atoms with Crippen molar-refractivity contribution in [3.05, 3.63) is 23.5 Å². The van der Waals surface area contributed by atoms with Crippen LogP contribution in [0.5, 0.6) is 0 Å². The number of alkyl halides is 3. The Bertz CT molecular complexity index is 712. The summed E-state index contributed by atoms with van der Waals surface area (Å²) in [6, 6.07) is 3.42. The Morgan fingerprint density at radius 3 is 3.00 bits per heavy atom. The van der Waals surface area contributed by atoms with Crippen LogP contribution in [0.1, 0.15) is 11.3 Å². The summed E-state index contributed by atoms with van der Waals surface area (Å²) in [4.78, 5) is 0. The first-order valence-electron chi connectivity index (χ1n) is 5.76. The SMILES string of the molecule is CSc1nsc(N/N=C/c2ccn(CC(F)(F)F)n2)c1C#N. The maximum absolute atomic E-state index is 12.2. The van der Waals surface area contributed by atoms with Crippen molar-refractivity contribution in [3.8, 4) is 6.07 Å². The van der Waals surface area contributed by atoms with Gasteiger partial charge in [0.1, 0.15) is 33.9 Å². The lowest BCUT2D eigenvalue weighted by Gasteiger charge is -2.04. The summed E-state index contributed by atoms with van der Waals surface area (Å²) in [5.41, 5.74) is 3.30. The Morgan fingerprint density at radius 1 is 1.59 bits per heavy atom. The summed E-state index contributed by atoms with van der Waals surface area (Å²) in [7, 11) is 0. The molecule has 0 aliphatic heterocycles. The Morgan fingerprint density at radius 2 is 2.36 bits per heavy atom. The number of nitrogens with one attached hydrogen (secondary N) is 1. The number of nitriles is 1. The van der Waals surface area contributed by atoms with E-state index in [-0.39, 0.29) is 5.69 Å². The van der Waals surface area contributed by atoms with Crippen LogP contribution in [-0.4, -0.2) is 32.8 Å². The van der Waals surface area contributed by atoms with E-state index < -0.39 is 12.7 Å². The highest BCUT2D eigenvalue weighted by Gasteiger charge is 2.28. The molecule has 2 aromatic heterocycles. The minimum absolute atomic E-state index is 0.268. The van der Waals surface area contributed by atoms with Crippen LogP contribution < -0.4 is 5.43 Å². The molecular formula is C11H9F3N6S2. The summed E-state index contributed by atoms with van der Waals surface area (Å²) in [5, 5.41) is 17.7. The van der Waals surface area contributed by atoms with Gasteiger partial charge in [0.25, 0.3) is 0 Å². The summed E-state index contributed by atoms with van der Waals surface area (Å²) in [6.45, 7) is -1.15. The number of aromatic nitrogens is 3. The molecule has 0 aliphatic rings. The Hall–Kier alpha value is -2.06. The molecule has 0 atom stereocenters. The molecule has 0 spiro atoms. The first-order valence-corrected chi connectivity index (χ1v) is 7.76. The zero-order valence-electron chi connectivity index (χ0n) is 11.1. The Balaban J connectivity index is 2.02. The maximum Gasteiger partial charge on any atom is 0.408 e. The second-order valence-electron chi connectivity index (χ2n) is 3.93. The molecule has 0 aliphatic carbocycles. The van der Waals surface area contributed by atoms with E-state index >= 15 is 0 Å². The molecule has 22 heavy (non-hydrogen) atoms. The molecule has 2 aromatic rings. The van der Waals surface area contributed by atoms with E-state index in [4.69, 9.17) is 5.26 Å². The molecule has 2 rings (SSSR count). The van der Waals surface area contributed by atoms with Gasteiger partial charge in [-0.15, -0.1) is 11.8 Å². The van der Waals surface area contributed by atoms with Crippen LogP contribution in [0.25, 0.3) is 0 Å². The third-order valence-electron chi connectivity index (χ3n) is 2.33. The summed E-state index contributed by atoms with van der Waals surface area (Å²) >= 11 is 2.42. The van der Waals surface area contributed by atoms with E-state index in [1.165, 1.54) is 30.2 Å². The Labute approximate surface area is 131 Å². The van der Waals surface area contributed by atoms with Gasteiger partial charge in [-0.2, -0.15) is 33.0 Å². The van der Waals surface area contributed by atoms with Gasteiger partial charge in [-0.25, -0.2) is 0 Å². The average molecular weight is 346 g/mol. The van der Waals surface area contributed by atoms with Crippen LogP contribution >= 0.6 is 23.3 Å². The summed E-state index contributed by atoms with van der Waals surface area (Å²) in [5.74, 6) is 0. The van der Waals surface area contributed by atoms with E-state index in [0.29, 0.717) is 15.6 Å². The minimum atomic E-state index is -4.32. The molecule has 11 heteroatoms. The molecule has 0 unspecified atom stereocenters. The molecule has 0 saturated heterocycles. The fraction of sp³-hybridized carbons (Fsp3) is 0.273. The van der Waals surface area contributed by atoms with Gasteiger partial charge < -0.3 is 0 Å². The number of halogens is 3. The zero-order chi connectivity index (χ0) is 16.2. The first-order chi connectivity index (χ1) is 10.4. The van der Waals surface area contributed by atoms with Gasteiger partial charge in [0, 0.05) is 6.20 Å². The first kappa shape index (κ1) is 16.3. The number of hydrogen-bond acceptors (Lipinski definition) is 7. The zero-order valence-corrected chi connectivity index (χ0v) is 12.8. The minimum Gasteiger partial charge on any atom is -0.266 e. The highest BCUT2D eigenvalue weighted by molar-refractivity contribution is 7.98. The van der Waals surface area contributed by atoms with Crippen LogP contribution in [0, 0.1) is 11.3 Å². The Kier molecular flexibility index (Phi) is 5.04. The molecule has 0 bridgehead atoms. The van der Waals surface area contributed by atoms with Crippen molar-refractivity contribution in [1.29, 1.82) is 5.26 Å². The molecule has 6 nitrogen and oxygen atoms in total. The number of hydrogen-bond donors (Lipinski definition) is 1. The standard InChI is InChI=1S/C11H9F3N6S2/c1-21-10-8(4-15)9(22-19-10)17-16-5-7-2-3-20(18-7)6-11(12,13)14/h2-3,5,17H,6H2,1H3/b16-5+. The van der Waals surface area contributed by atoms with Gasteiger partial charge in [0.15, 0.2) is 0 Å². The number of thioether (sulfide) groups is 1. The molecule has 0 amide bonds. The monoisotopic (exact) mass is 346 g/mol. The summed E-state index contributed by atoms with van der Waals surface area (Å²) in [6.07, 6.45) is -0.0337. The van der Waals surface area contributed by atoms with E-state index in [1.807, 2.05) is 6.07 Å². The van der Waals surface area contributed by atoms with Crippen LogP contribution in [0.4, 0.5) is 18.2 Å². The highest BCUT2D eigenvalue weighted by Crippen LogP contribution is 2.29. The second-order valence-corrected chi connectivity index (χ2v) is 5.50.